The molecule has 0 saturated heterocycles. The van der Waals surface area contributed by atoms with Gasteiger partial charge < -0.3 is 15.0 Å². The molecule has 0 aliphatic carbocycles. The molecule has 1 aromatic heterocycles. The van der Waals surface area contributed by atoms with Gasteiger partial charge in [0.15, 0.2) is 0 Å². The summed E-state index contributed by atoms with van der Waals surface area (Å²) in [6.45, 7) is 3.99. The minimum absolute atomic E-state index is 0.00416. The Hall–Kier alpha value is -3.48. The molecule has 0 spiro atoms. The molecule has 7 heteroatoms. The molecule has 0 fully saturated rings. The predicted molar refractivity (Wildman–Crippen MR) is 105 cm³/mol. The first-order valence-corrected chi connectivity index (χ1v) is 8.54. The van der Waals surface area contributed by atoms with Gasteiger partial charge in [-0.15, -0.1) is 0 Å². The van der Waals surface area contributed by atoms with Crippen LogP contribution in [0.1, 0.15) is 21.6 Å². The van der Waals surface area contributed by atoms with Crippen molar-refractivity contribution in [3.8, 4) is 5.75 Å². The number of hydrogen-bond donors (Lipinski definition) is 4. The fourth-order valence-corrected chi connectivity index (χ4v) is 2.81. The summed E-state index contributed by atoms with van der Waals surface area (Å²) in [5.41, 5.74) is 9.16. The summed E-state index contributed by atoms with van der Waals surface area (Å²) in [6, 6.07) is 12.7. The maximum absolute atomic E-state index is 12.3. The number of carbonyl (C=O) groups excluding carboxylic acids is 2. The van der Waals surface area contributed by atoms with Crippen LogP contribution in [-0.2, 0) is 4.79 Å². The van der Waals surface area contributed by atoms with E-state index in [9.17, 15) is 9.59 Å². The highest BCUT2D eigenvalue weighted by molar-refractivity contribution is 5.99. The number of methoxy groups -OCH3 is 1. The van der Waals surface area contributed by atoms with E-state index < -0.39 is 0 Å². The van der Waals surface area contributed by atoms with Gasteiger partial charge in [0.05, 0.1) is 19.3 Å². The number of aromatic nitrogens is 1. The van der Waals surface area contributed by atoms with E-state index in [2.05, 4.69) is 21.2 Å². The first-order valence-electron chi connectivity index (χ1n) is 8.54. The molecule has 1 heterocycles. The van der Waals surface area contributed by atoms with Crippen molar-refractivity contribution in [3.63, 3.8) is 0 Å². The number of ether oxygens (including phenoxy) is 1. The molecule has 140 valence electrons. The van der Waals surface area contributed by atoms with Crippen LogP contribution in [0.2, 0.25) is 0 Å². The number of nitrogens with one attached hydrogen (secondary N) is 4. The quantitative estimate of drug-likeness (QED) is 0.522. The van der Waals surface area contributed by atoms with E-state index in [0.717, 1.165) is 22.2 Å². The first-order chi connectivity index (χ1) is 13.0. The molecule has 4 N–H and O–H groups in total. The zero-order valence-electron chi connectivity index (χ0n) is 15.5. The molecule has 3 aromatic rings. The molecule has 0 radical (unpaired) electrons. The largest absolute Gasteiger partial charge is 0.495 e. The van der Waals surface area contributed by atoms with E-state index in [4.69, 9.17) is 4.74 Å². The van der Waals surface area contributed by atoms with Gasteiger partial charge in [-0.25, -0.2) is 0 Å². The number of amides is 2. The van der Waals surface area contributed by atoms with Crippen molar-refractivity contribution in [3.05, 3.63) is 59.3 Å². The van der Waals surface area contributed by atoms with E-state index in [1.165, 1.54) is 0 Å². The number of rotatable bonds is 5. The predicted octanol–water partition coefficient (Wildman–Crippen LogP) is 2.67. The molecule has 0 unspecified atom stereocenters. The molecule has 0 saturated carbocycles. The Balaban J connectivity index is 1.57. The van der Waals surface area contributed by atoms with Gasteiger partial charge in [-0.1, -0.05) is 12.1 Å². The van der Waals surface area contributed by atoms with Crippen molar-refractivity contribution >= 4 is 28.4 Å². The fourth-order valence-electron chi connectivity index (χ4n) is 2.81. The Kier molecular flexibility index (Phi) is 5.30. The lowest BCUT2D eigenvalue weighted by Gasteiger charge is -2.11. The maximum Gasteiger partial charge on any atom is 0.269 e. The lowest BCUT2D eigenvalue weighted by atomic mass is 10.1. The number of H-pyrrole nitrogens is 1. The number of para-hydroxylation sites is 2. The standard InChI is InChI=1S/C20H22N4O3/c1-12-13(2)22-16-9-8-14(10-15(12)16)20(26)24-23-19(25)11-21-17-6-4-5-7-18(17)27-3/h4-10,21-22H,11H2,1-3H3,(H,23,25)(H,24,26). The lowest BCUT2D eigenvalue weighted by Crippen LogP contribution is -2.44. The van der Waals surface area contributed by atoms with Crippen LogP contribution in [0, 0.1) is 13.8 Å². The van der Waals surface area contributed by atoms with Gasteiger partial charge in [-0.2, -0.15) is 0 Å². The summed E-state index contributed by atoms with van der Waals surface area (Å²) in [4.78, 5) is 27.6. The maximum atomic E-state index is 12.3. The molecule has 2 aromatic carbocycles. The Morgan fingerprint density at radius 3 is 2.63 bits per heavy atom. The monoisotopic (exact) mass is 366 g/mol. The SMILES string of the molecule is COc1ccccc1NCC(=O)NNC(=O)c1ccc2[nH]c(C)c(C)c2c1. The van der Waals surface area contributed by atoms with Crippen molar-refractivity contribution in [2.24, 2.45) is 0 Å². The minimum atomic E-state index is -0.374. The van der Waals surface area contributed by atoms with Crippen LogP contribution in [0.3, 0.4) is 0 Å². The second-order valence-electron chi connectivity index (χ2n) is 6.19. The molecule has 3 rings (SSSR count). The molecular weight excluding hydrogens is 344 g/mol. The summed E-state index contributed by atoms with van der Waals surface area (Å²) >= 11 is 0. The summed E-state index contributed by atoms with van der Waals surface area (Å²) < 4.78 is 5.21. The highest BCUT2D eigenvalue weighted by Crippen LogP contribution is 2.23. The highest BCUT2D eigenvalue weighted by Gasteiger charge is 2.11. The Bertz CT molecular complexity index is 994. The third kappa shape index (κ3) is 4.03. The average molecular weight is 366 g/mol. The number of fused-ring (bicyclic) bond motifs is 1. The number of carbonyl (C=O) groups is 2. The molecular formula is C20H22N4O3. The minimum Gasteiger partial charge on any atom is -0.495 e. The number of aryl methyl sites for hydroxylation is 2. The van der Waals surface area contributed by atoms with E-state index in [-0.39, 0.29) is 18.4 Å². The van der Waals surface area contributed by atoms with Crippen molar-refractivity contribution in [1.82, 2.24) is 15.8 Å². The smallest absolute Gasteiger partial charge is 0.269 e. The van der Waals surface area contributed by atoms with Crippen molar-refractivity contribution in [2.45, 2.75) is 13.8 Å². The second kappa shape index (κ2) is 7.82. The third-order valence-corrected chi connectivity index (χ3v) is 4.43. The number of hydrogen-bond acceptors (Lipinski definition) is 4. The highest BCUT2D eigenvalue weighted by atomic mass is 16.5. The van der Waals surface area contributed by atoms with Crippen LogP contribution in [-0.4, -0.2) is 30.5 Å². The van der Waals surface area contributed by atoms with Gasteiger partial charge in [-0.05, 0) is 49.7 Å². The Labute approximate surface area is 157 Å². The van der Waals surface area contributed by atoms with Gasteiger partial charge in [0.2, 0.25) is 0 Å². The molecule has 7 nitrogen and oxygen atoms in total. The molecule has 0 atom stereocenters. The number of aromatic amines is 1. The summed E-state index contributed by atoms with van der Waals surface area (Å²) in [5.74, 6) is -0.107. The van der Waals surface area contributed by atoms with Crippen LogP contribution < -0.4 is 20.9 Å². The summed E-state index contributed by atoms with van der Waals surface area (Å²) in [6.07, 6.45) is 0. The zero-order valence-corrected chi connectivity index (χ0v) is 15.5. The molecule has 27 heavy (non-hydrogen) atoms. The summed E-state index contributed by atoms with van der Waals surface area (Å²) in [5, 5.41) is 3.96. The molecule has 0 bridgehead atoms. The van der Waals surface area contributed by atoms with Crippen molar-refractivity contribution < 1.29 is 14.3 Å². The van der Waals surface area contributed by atoms with Gasteiger partial charge in [0.25, 0.3) is 11.8 Å². The van der Waals surface area contributed by atoms with E-state index >= 15 is 0 Å². The van der Waals surface area contributed by atoms with Crippen molar-refractivity contribution in [1.29, 1.82) is 0 Å². The van der Waals surface area contributed by atoms with Gasteiger partial charge in [-0.3, -0.25) is 20.4 Å². The van der Waals surface area contributed by atoms with Crippen LogP contribution in [0.25, 0.3) is 10.9 Å². The molecule has 2 amide bonds. The van der Waals surface area contributed by atoms with Gasteiger partial charge in [0, 0.05) is 22.2 Å². The zero-order chi connectivity index (χ0) is 19.4. The normalized spacial score (nSPS) is 10.5. The Morgan fingerprint density at radius 1 is 1.07 bits per heavy atom. The lowest BCUT2D eigenvalue weighted by molar-refractivity contribution is -0.120. The molecule has 0 aliphatic rings. The van der Waals surface area contributed by atoms with E-state index in [1.54, 1.807) is 25.3 Å². The molecule has 0 aliphatic heterocycles. The van der Waals surface area contributed by atoms with E-state index in [1.807, 2.05) is 38.1 Å². The first kappa shape index (κ1) is 18.3. The average Bonchev–Trinajstić information content (AvgIpc) is 2.98. The second-order valence-corrected chi connectivity index (χ2v) is 6.19. The third-order valence-electron chi connectivity index (χ3n) is 4.43. The topological polar surface area (TPSA) is 95.2 Å². The van der Waals surface area contributed by atoms with Gasteiger partial charge in [0.1, 0.15) is 5.75 Å². The van der Waals surface area contributed by atoms with Gasteiger partial charge >= 0.3 is 0 Å². The fraction of sp³-hybridized carbons (Fsp3) is 0.200. The Morgan fingerprint density at radius 2 is 1.85 bits per heavy atom. The van der Waals surface area contributed by atoms with Crippen LogP contribution in [0.5, 0.6) is 5.75 Å². The number of benzene rings is 2. The van der Waals surface area contributed by atoms with E-state index in [0.29, 0.717) is 17.0 Å². The number of anilines is 1. The number of hydrazine groups is 1. The summed E-state index contributed by atoms with van der Waals surface area (Å²) in [7, 11) is 1.56. The van der Waals surface area contributed by atoms with Crippen LogP contribution >= 0.6 is 0 Å². The van der Waals surface area contributed by atoms with Crippen LogP contribution in [0.4, 0.5) is 5.69 Å². The van der Waals surface area contributed by atoms with Crippen molar-refractivity contribution in [2.75, 3.05) is 19.0 Å². The van der Waals surface area contributed by atoms with Crippen LogP contribution in [0.15, 0.2) is 42.5 Å².